The summed E-state index contributed by atoms with van der Waals surface area (Å²) in [7, 11) is 3.20. The van der Waals surface area contributed by atoms with Gasteiger partial charge >= 0.3 is 0 Å². The van der Waals surface area contributed by atoms with Gasteiger partial charge in [0, 0.05) is 41.8 Å². The van der Waals surface area contributed by atoms with Crippen molar-refractivity contribution >= 4 is 28.4 Å². The molecule has 2 amide bonds. The minimum Gasteiger partial charge on any atom is -0.497 e. The van der Waals surface area contributed by atoms with Crippen LogP contribution in [0.25, 0.3) is 22.2 Å². The van der Waals surface area contributed by atoms with Gasteiger partial charge < -0.3 is 25.1 Å². The predicted molar refractivity (Wildman–Crippen MR) is 133 cm³/mol. The molecule has 0 aliphatic heterocycles. The summed E-state index contributed by atoms with van der Waals surface area (Å²) in [6.45, 7) is -0.0808. The zero-order valence-corrected chi connectivity index (χ0v) is 19.2. The molecule has 0 aliphatic carbocycles. The Labute approximate surface area is 198 Å². The number of hydrogen-bond donors (Lipinski definition) is 3. The Kier molecular flexibility index (Phi) is 7.13. The molecule has 0 atom stereocenters. The number of fused-ring (bicyclic) bond motifs is 1. The molecule has 3 aromatic carbocycles. The summed E-state index contributed by atoms with van der Waals surface area (Å²) in [5.41, 5.74) is 4.78. The van der Waals surface area contributed by atoms with Crippen LogP contribution in [0, 0.1) is 0 Å². The van der Waals surface area contributed by atoms with Crippen LogP contribution in [0.3, 0.4) is 0 Å². The molecule has 0 fully saturated rings. The third-order valence-electron chi connectivity index (χ3n) is 5.56. The fraction of sp³-hybridized carbons (Fsp3) is 0.185. The highest BCUT2D eigenvalue weighted by atomic mass is 16.5. The lowest BCUT2D eigenvalue weighted by Crippen LogP contribution is -2.24. The molecule has 0 radical (unpaired) electrons. The lowest BCUT2D eigenvalue weighted by atomic mass is 10.0. The zero-order valence-electron chi connectivity index (χ0n) is 19.2. The van der Waals surface area contributed by atoms with Gasteiger partial charge in [-0.3, -0.25) is 9.59 Å². The maximum absolute atomic E-state index is 12.8. The van der Waals surface area contributed by atoms with Crippen LogP contribution in [0.4, 0.5) is 5.69 Å². The highest BCUT2D eigenvalue weighted by molar-refractivity contribution is 5.94. The molecule has 0 aliphatic rings. The van der Waals surface area contributed by atoms with E-state index in [9.17, 15) is 9.59 Å². The van der Waals surface area contributed by atoms with Crippen LogP contribution in [0.1, 0.15) is 12.0 Å². The van der Waals surface area contributed by atoms with Crippen LogP contribution in [0.2, 0.25) is 0 Å². The van der Waals surface area contributed by atoms with E-state index in [1.54, 1.807) is 38.4 Å². The number of ether oxygens (including phenoxy) is 2. The Bertz CT molecular complexity index is 1290. The third kappa shape index (κ3) is 5.38. The van der Waals surface area contributed by atoms with Gasteiger partial charge in [-0.2, -0.15) is 0 Å². The van der Waals surface area contributed by atoms with Crippen molar-refractivity contribution in [2.75, 3.05) is 26.1 Å². The molecule has 0 unspecified atom stereocenters. The Morgan fingerprint density at radius 1 is 0.912 bits per heavy atom. The van der Waals surface area contributed by atoms with Crippen molar-refractivity contribution in [2.24, 2.45) is 0 Å². The van der Waals surface area contributed by atoms with E-state index in [1.807, 2.05) is 42.5 Å². The third-order valence-corrected chi connectivity index (χ3v) is 5.56. The van der Waals surface area contributed by atoms with Gasteiger partial charge in [-0.25, -0.2) is 0 Å². The van der Waals surface area contributed by atoms with Gasteiger partial charge in [-0.15, -0.1) is 0 Å². The summed E-state index contributed by atoms with van der Waals surface area (Å²) in [5.74, 6) is 0.984. The topological polar surface area (TPSA) is 92.5 Å². The van der Waals surface area contributed by atoms with Crippen LogP contribution >= 0.6 is 0 Å². The van der Waals surface area contributed by atoms with Gasteiger partial charge in [0.1, 0.15) is 11.5 Å². The Morgan fingerprint density at radius 2 is 1.71 bits per heavy atom. The summed E-state index contributed by atoms with van der Waals surface area (Å²) in [5, 5.41) is 6.53. The molecule has 7 heteroatoms. The number of aromatic amines is 1. The number of amides is 2. The SMILES string of the molecule is CNC(=O)COc1cccc(NC(=O)CCc2c(-c3ccc(OC)cc3)[nH]c3ccccc23)c1. The molecule has 1 aromatic heterocycles. The fourth-order valence-electron chi connectivity index (χ4n) is 3.81. The molecular formula is C27H27N3O4. The quantitative estimate of drug-likeness (QED) is 0.344. The van der Waals surface area contributed by atoms with E-state index in [4.69, 9.17) is 9.47 Å². The zero-order chi connectivity index (χ0) is 23.9. The molecular weight excluding hydrogens is 430 g/mol. The normalized spacial score (nSPS) is 10.6. The monoisotopic (exact) mass is 457 g/mol. The largest absolute Gasteiger partial charge is 0.497 e. The predicted octanol–water partition coefficient (Wildman–Crippen LogP) is 4.54. The van der Waals surface area contributed by atoms with E-state index >= 15 is 0 Å². The van der Waals surface area contributed by atoms with Crippen LogP contribution in [0.15, 0.2) is 72.8 Å². The lowest BCUT2D eigenvalue weighted by Gasteiger charge is -2.10. The molecule has 4 rings (SSSR count). The standard InChI is InChI=1S/C27H27N3O4/c1-28-26(32)17-34-21-7-5-6-19(16-21)29-25(31)15-14-23-22-8-3-4-9-24(22)30-27(23)18-10-12-20(33-2)13-11-18/h3-13,16,30H,14-15,17H2,1-2H3,(H,28,32)(H,29,31). The van der Waals surface area contributed by atoms with Gasteiger partial charge in [-0.1, -0.05) is 24.3 Å². The average Bonchev–Trinajstić information content (AvgIpc) is 3.25. The lowest BCUT2D eigenvalue weighted by molar-refractivity contribution is -0.122. The molecule has 174 valence electrons. The number of H-pyrrole nitrogens is 1. The van der Waals surface area contributed by atoms with E-state index in [-0.39, 0.29) is 18.4 Å². The number of methoxy groups -OCH3 is 1. The summed E-state index contributed by atoms with van der Waals surface area (Å²) in [4.78, 5) is 27.6. The molecule has 4 aromatic rings. The first-order valence-electron chi connectivity index (χ1n) is 11.0. The fourth-order valence-corrected chi connectivity index (χ4v) is 3.81. The first-order valence-corrected chi connectivity index (χ1v) is 11.0. The number of para-hydroxylation sites is 1. The number of carbonyl (C=O) groups excluding carboxylic acids is 2. The van der Waals surface area contributed by atoms with Crippen molar-refractivity contribution in [3.63, 3.8) is 0 Å². The van der Waals surface area contributed by atoms with E-state index in [0.29, 0.717) is 24.3 Å². The number of carbonyl (C=O) groups is 2. The molecule has 34 heavy (non-hydrogen) atoms. The van der Waals surface area contributed by atoms with Crippen LogP contribution in [0.5, 0.6) is 11.5 Å². The maximum atomic E-state index is 12.8. The molecule has 0 bridgehead atoms. The van der Waals surface area contributed by atoms with E-state index in [1.165, 1.54) is 0 Å². The van der Waals surface area contributed by atoms with Crippen molar-refractivity contribution in [1.82, 2.24) is 10.3 Å². The maximum Gasteiger partial charge on any atom is 0.257 e. The summed E-state index contributed by atoms with van der Waals surface area (Å²) >= 11 is 0. The minimum atomic E-state index is -0.221. The second-order valence-corrected chi connectivity index (χ2v) is 7.79. The number of anilines is 1. The van der Waals surface area contributed by atoms with Crippen LogP contribution in [-0.4, -0.2) is 37.6 Å². The number of aromatic nitrogens is 1. The summed E-state index contributed by atoms with van der Waals surface area (Å²) < 4.78 is 10.7. The Hall–Kier alpha value is -4.26. The van der Waals surface area contributed by atoms with Crippen molar-refractivity contribution < 1.29 is 19.1 Å². The molecule has 3 N–H and O–H groups in total. The average molecular weight is 458 g/mol. The van der Waals surface area contributed by atoms with Gasteiger partial charge in [0.05, 0.1) is 7.11 Å². The first-order chi connectivity index (χ1) is 16.6. The summed E-state index contributed by atoms with van der Waals surface area (Å²) in [6, 6.07) is 23.0. The molecule has 7 nitrogen and oxygen atoms in total. The number of rotatable bonds is 9. The number of nitrogens with one attached hydrogen (secondary N) is 3. The Balaban J connectivity index is 1.48. The van der Waals surface area contributed by atoms with Gasteiger partial charge in [-0.05, 0) is 60.0 Å². The second kappa shape index (κ2) is 10.6. The molecule has 0 saturated heterocycles. The number of aryl methyl sites for hydroxylation is 1. The molecule has 1 heterocycles. The van der Waals surface area contributed by atoms with Crippen molar-refractivity contribution in [2.45, 2.75) is 12.8 Å². The summed E-state index contributed by atoms with van der Waals surface area (Å²) in [6.07, 6.45) is 0.887. The smallest absolute Gasteiger partial charge is 0.257 e. The number of benzene rings is 3. The van der Waals surface area contributed by atoms with Crippen molar-refractivity contribution in [1.29, 1.82) is 0 Å². The first kappa shape index (κ1) is 22.9. The van der Waals surface area contributed by atoms with E-state index in [0.717, 1.165) is 33.5 Å². The highest BCUT2D eigenvalue weighted by Crippen LogP contribution is 2.32. The van der Waals surface area contributed by atoms with E-state index in [2.05, 4.69) is 21.7 Å². The van der Waals surface area contributed by atoms with Crippen LogP contribution < -0.4 is 20.1 Å². The number of likely N-dealkylation sites (N-methyl/N-ethyl adjacent to an activating group) is 1. The van der Waals surface area contributed by atoms with Gasteiger partial charge in [0.2, 0.25) is 5.91 Å². The molecule has 0 saturated carbocycles. The van der Waals surface area contributed by atoms with Gasteiger partial charge in [0.25, 0.3) is 5.91 Å². The van der Waals surface area contributed by atoms with Crippen LogP contribution in [-0.2, 0) is 16.0 Å². The number of hydrogen-bond acceptors (Lipinski definition) is 4. The second-order valence-electron chi connectivity index (χ2n) is 7.79. The minimum absolute atomic E-state index is 0.0808. The van der Waals surface area contributed by atoms with Crippen molar-refractivity contribution in [3.8, 4) is 22.8 Å². The van der Waals surface area contributed by atoms with E-state index < -0.39 is 0 Å². The molecule has 0 spiro atoms. The van der Waals surface area contributed by atoms with Gasteiger partial charge in [0.15, 0.2) is 6.61 Å². The van der Waals surface area contributed by atoms with Crippen molar-refractivity contribution in [3.05, 3.63) is 78.4 Å². The Morgan fingerprint density at radius 3 is 2.47 bits per heavy atom. The highest BCUT2D eigenvalue weighted by Gasteiger charge is 2.15.